The van der Waals surface area contributed by atoms with Crippen LogP contribution in [0.15, 0.2) is 47.1 Å². The van der Waals surface area contributed by atoms with Gasteiger partial charge in [-0.25, -0.2) is 0 Å². The van der Waals surface area contributed by atoms with Crippen LogP contribution >= 0.6 is 15.9 Å². The maximum absolute atomic E-state index is 6.04. The van der Waals surface area contributed by atoms with Gasteiger partial charge in [-0.1, -0.05) is 22.0 Å². The lowest BCUT2D eigenvalue weighted by Crippen LogP contribution is -2.23. The molecule has 0 saturated carbocycles. The van der Waals surface area contributed by atoms with E-state index < -0.39 is 0 Å². The summed E-state index contributed by atoms with van der Waals surface area (Å²) < 4.78 is 1.03. The summed E-state index contributed by atoms with van der Waals surface area (Å²) in [5, 5.41) is 0. The minimum Gasteiger partial charge on any atom is -0.397 e. The molecular weight excluding hydrogens is 290 g/mol. The lowest BCUT2D eigenvalue weighted by molar-refractivity contribution is 0.811. The van der Waals surface area contributed by atoms with E-state index in [0.29, 0.717) is 0 Å². The van der Waals surface area contributed by atoms with Crippen molar-refractivity contribution < 1.29 is 0 Å². The molecule has 1 aromatic carbocycles. The van der Waals surface area contributed by atoms with Crippen LogP contribution in [0.1, 0.15) is 12.6 Å². The fraction of sp³-hybridized carbons (Fsp3) is 0.214. The number of halogens is 1. The molecule has 94 valence electrons. The summed E-state index contributed by atoms with van der Waals surface area (Å²) in [6.45, 7) is 3.76. The Morgan fingerprint density at radius 1 is 1.28 bits per heavy atom. The van der Waals surface area contributed by atoms with E-state index in [1.807, 2.05) is 42.6 Å². The summed E-state index contributed by atoms with van der Waals surface area (Å²) in [5.74, 6) is 0. The zero-order valence-electron chi connectivity index (χ0n) is 10.3. The van der Waals surface area contributed by atoms with Gasteiger partial charge in [-0.2, -0.15) is 0 Å². The van der Waals surface area contributed by atoms with Crippen molar-refractivity contribution >= 4 is 27.3 Å². The lowest BCUT2D eigenvalue weighted by Gasteiger charge is -2.24. The van der Waals surface area contributed by atoms with Crippen molar-refractivity contribution in [3.05, 3.63) is 52.8 Å². The quantitative estimate of drug-likeness (QED) is 0.880. The van der Waals surface area contributed by atoms with E-state index in [2.05, 4.69) is 32.7 Å². The highest BCUT2D eigenvalue weighted by molar-refractivity contribution is 9.10. The predicted molar refractivity (Wildman–Crippen MR) is 79.5 cm³/mol. The third-order valence-electron chi connectivity index (χ3n) is 2.79. The summed E-state index contributed by atoms with van der Waals surface area (Å²) in [4.78, 5) is 6.56. The molecule has 0 aliphatic rings. The number of rotatable bonds is 4. The molecule has 2 aromatic rings. The highest BCUT2D eigenvalue weighted by Gasteiger charge is 2.09. The van der Waals surface area contributed by atoms with Crippen LogP contribution in [-0.4, -0.2) is 11.5 Å². The molecule has 0 unspecified atom stereocenters. The maximum atomic E-state index is 6.04. The molecule has 1 aromatic heterocycles. The Morgan fingerprint density at radius 3 is 2.78 bits per heavy atom. The molecule has 0 amide bonds. The third kappa shape index (κ3) is 3.01. The summed E-state index contributed by atoms with van der Waals surface area (Å²) in [6, 6.07) is 11.9. The van der Waals surface area contributed by atoms with Gasteiger partial charge in [-0.05, 0) is 37.3 Å². The number of aromatic nitrogens is 1. The van der Waals surface area contributed by atoms with Gasteiger partial charge in [0.25, 0.3) is 0 Å². The van der Waals surface area contributed by atoms with Crippen LogP contribution < -0.4 is 10.6 Å². The largest absolute Gasteiger partial charge is 0.397 e. The third-order valence-corrected chi connectivity index (χ3v) is 3.29. The molecule has 0 spiro atoms. The van der Waals surface area contributed by atoms with Gasteiger partial charge >= 0.3 is 0 Å². The molecule has 4 heteroatoms. The van der Waals surface area contributed by atoms with Gasteiger partial charge in [-0.15, -0.1) is 0 Å². The van der Waals surface area contributed by atoms with Crippen molar-refractivity contribution in [1.82, 2.24) is 4.98 Å². The Labute approximate surface area is 116 Å². The van der Waals surface area contributed by atoms with E-state index in [-0.39, 0.29) is 0 Å². The van der Waals surface area contributed by atoms with Crippen molar-refractivity contribution in [3.63, 3.8) is 0 Å². The first-order valence-corrected chi connectivity index (χ1v) is 6.70. The fourth-order valence-corrected chi connectivity index (χ4v) is 2.19. The van der Waals surface area contributed by atoms with Gasteiger partial charge in [0.05, 0.1) is 23.6 Å². The first-order valence-electron chi connectivity index (χ1n) is 5.90. The van der Waals surface area contributed by atoms with Crippen LogP contribution in [0.3, 0.4) is 0 Å². The van der Waals surface area contributed by atoms with Gasteiger partial charge in [0.1, 0.15) is 0 Å². The zero-order valence-corrected chi connectivity index (χ0v) is 11.9. The standard InChI is InChI=1S/C14H16BrN3/c1-2-18(10-12-5-3-4-8-17-12)14-9-11(15)6-7-13(14)16/h3-9H,2,10,16H2,1H3. The average Bonchev–Trinajstić information content (AvgIpc) is 2.40. The highest BCUT2D eigenvalue weighted by Crippen LogP contribution is 2.28. The van der Waals surface area contributed by atoms with Crippen molar-refractivity contribution in [1.29, 1.82) is 0 Å². The van der Waals surface area contributed by atoms with Crippen molar-refractivity contribution in [2.24, 2.45) is 0 Å². The highest BCUT2D eigenvalue weighted by atomic mass is 79.9. The van der Waals surface area contributed by atoms with Crippen LogP contribution in [0.25, 0.3) is 0 Å². The number of hydrogen-bond donors (Lipinski definition) is 1. The van der Waals surface area contributed by atoms with E-state index in [9.17, 15) is 0 Å². The molecule has 0 aliphatic carbocycles. The Kier molecular flexibility index (Phi) is 4.20. The summed E-state index contributed by atoms with van der Waals surface area (Å²) in [7, 11) is 0. The lowest BCUT2D eigenvalue weighted by atomic mass is 10.2. The second-order valence-electron chi connectivity index (χ2n) is 4.04. The minimum atomic E-state index is 0.762. The van der Waals surface area contributed by atoms with Crippen LogP contribution in [-0.2, 0) is 6.54 Å². The number of benzene rings is 1. The van der Waals surface area contributed by atoms with Gasteiger partial charge < -0.3 is 10.6 Å². The number of anilines is 2. The number of hydrogen-bond acceptors (Lipinski definition) is 3. The maximum Gasteiger partial charge on any atom is 0.0614 e. The number of nitrogens with two attached hydrogens (primary N) is 1. The predicted octanol–water partition coefficient (Wildman–Crippen LogP) is 3.45. The van der Waals surface area contributed by atoms with Gasteiger partial charge in [0.2, 0.25) is 0 Å². The Hall–Kier alpha value is -1.55. The van der Waals surface area contributed by atoms with Gasteiger partial charge in [0.15, 0.2) is 0 Å². The van der Waals surface area contributed by atoms with Crippen LogP contribution in [0.5, 0.6) is 0 Å². The first kappa shape index (κ1) is 12.9. The van der Waals surface area contributed by atoms with E-state index >= 15 is 0 Å². The fourth-order valence-electron chi connectivity index (χ4n) is 1.85. The van der Waals surface area contributed by atoms with Crippen molar-refractivity contribution in [2.75, 3.05) is 17.2 Å². The molecule has 2 N–H and O–H groups in total. The molecule has 1 heterocycles. The second-order valence-corrected chi connectivity index (χ2v) is 4.95. The van der Waals surface area contributed by atoms with Crippen LogP contribution in [0.2, 0.25) is 0 Å². The Balaban J connectivity index is 2.26. The van der Waals surface area contributed by atoms with Crippen LogP contribution in [0, 0.1) is 0 Å². The summed E-state index contributed by atoms with van der Waals surface area (Å²) in [6.07, 6.45) is 1.81. The second kappa shape index (κ2) is 5.87. The molecule has 0 atom stereocenters. The zero-order chi connectivity index (χ0) is 13.0. The normalized spacial score (nSPS) is 10.3. The topological polar surface area (TPSA) is 42.2 Å². The van der Waals surface area contributed by atoms with E-state index in [4.69, 9.17) is 5.73 Å². The Bertz CT molecular complexity index is 514. The van der Waals surface area contributed by atoms with E-state index in [1.54, 1.807) is 0 Å². The minimum absolute atomic E-state index is 0.762. The molecule has 0 bridgehead atoms. The summed E-state index contributed by atoms with van der Waals surface area (Å²) >= 11 is 3.48. The van der Waals surface area contributed by atoms with E-state index in [0.717, 1.165) is 34.6 Å². The van der Waals surface area contributed by atoms with Gasteiger partial charge in [-0.3, -0.25) is 4.98 Å². The average molecular weight is 306 g/mol. The van der Waals surface area contributed by atoms with E-state index in [1.165, 1.54) is 0 Å². The van der Waals surface area contributed by atoms with Crippen molar-refractivity contribution in [2.45, 2.75) is 13.5 Å². The molecular formula is C14H16BrN3. The monoisotopic (exact) mass is 305 g/mol. The molecule has 0 fully saturated rings. The SMILES string of the molecule is CCN(Cc1ccccn1)c1cc(Br)ccc1N. The smallest absolute Gasteiger partial charge is 0.0614 e. The number of nitrogen functional groups attached to an aromatic ring is 1. The molecule has 0 aliphatic heterocycles. The first-order chi connectivity index (χ1) is 8.70. The Morgan fingerprint density at radius 2 is 2.11 bits per heavy atom. The number of nitrogens with zero attached hydrogens (tertiary/aromatic N) is 2. The van der Waals surface area contributed by atoms with Crippen LogP contribution in [0.4, 0.5) is 11.4 Å². The summed E-state index contributed by atoms with van der Waals surface area (Å²) in [5.41, 5.74) is 8.90. The van der Waals surface area contributed by atoms with Crippen molar-refractivity contribution in [3.8, 4) is 0 Å². The molecule has 0 radical (unpaired) electrons. The number of pyridine rings is 1. The molecule has 2 rings (SSSR count). The van der Waals surface area contributed by atoms with Gasteiger partial charge in [0, 0.05) is 17.2 Å². The molecule has 18 heavy (non-hydrogen) atoms. The molecule has 0 saturated heterocycles. The molecule has 3 nitrogen and oxygen atoms in total.